The first-order chi connectivity index (χ1) is 8.31. The van der Waals surface area contributed by atoms with Crippen molar-refractivity contribution in [3.63, 3.8) is 0 Å². The quantitative estimate of drug-likeness (QED) is 0.835. The van der Waals surface area contributed by atoms with E-state index in [9.17, 15) is 22.0 Å². The van der Waals surface area contributed by atoms with E-state index in [1.807, 2.05) is 0 Å². The van der Waals surface area contributed by atoms with E-state index in [1.54, 1.807) is 0 Å². The van der Waals surface area contributed by atoms with Crippen molar-refractivity contribution in [3.05, 3.63) is 35.1 Å². The van der Waals surface area contributed by atoms with Gasteiger partial charge in [-0.05, 0) is 17.7 Å². The number of alkyl halides is 4. The van der Waals surface area contributed by atoms with E-state index in [1.165, 1.54) is 6.07 Å². The summed E-state index contributed by atoms with van der Waals surface area (Å²) >= 11 is 0. The fourth-order valence-electron chi connectivity index (χ4n) is 1.82. The number of benzene rings is 1. The lowest BCUT2D eigenvalue weighted by molar-refractivity contribution is -0.135. The fraction of sp³-hybridized carbons (Fsp3) is 0.364. The number of nitrogens with one attached hydrogen (secondary N) is 1. The van der Waals surface area contributed by atoms with Crippen LogP contribution in [0.2, 0.25) is 0 Å². The number of amidine groups is 1. The van der Waals surface area contributed by atoms with Gasteiger partial charge >= 0.3 is 12.3 Å². The van der Waals surface area contributed by atoms with E-state index in [2.05, 4.69) is 0 Å². The minimum atomic E-state index is -4.19. The third-order valence-electron chi connectivity index (χ3n) is 2.73. The number of rotatable bonds is 3. The monoisotopic (exact) mass is 264 g/mol. The number of hydrogen-bond acceptors (Lipinski definition) is 1. The highest BCUT2D eigenvalue weighted by Gasteiger charge is 2.44. The predicted octanol–water partition coefficient (Wildman–Crippen LogP) is 2.87. The van der Waals surface area contributed by atoms with Gasteiger partial charge in [0.15, 0.2) is 0 Å². The van der Waals surface area contributed by atoms with Crippen LogP contribution in [-0.4, -0.2) is 29.6 Å². The van der Waals surface area contributed by atoms with Crippen LogP contribution in [0.4, 0.5) is 22.0 Å². The molecule has 1 aromatic rings. The van der Waals surface area contributed by atoms with Gasteiger partial charge in [-0.15, -0.1) is 0 Å². The first kappa shape index (κ1) is 12.8. The zero-order valence-electron chi connectivity index (χ0n) is 9.06. The average molecular weight is 264 g/mol. The van der Waals surface area contributed by atoms with Gasteiger partial charge in [0.1, 0.15) is 11.7 Å². The molecule has 1 aliphatic heterocycles. The molecule has 0 atom stereocenters. The van der Waals surface area contributed by atoms with Crippen LogP contribution in [-0.2, 0) is 6.54 Å². The Morgan fingerprint density at radius 3 is 2.61 bits per heavy atom. The summed E-state index contributed by atoms with van der Waals surface area (Å²) in [6.07, 6.45) is -3.79. The molecule has 2 nitrogen and oxygen atoms in total. The van der Waals surface area contributed by atoms with Crippen molar-refractivity contribution in [2.45, 2.75) is 18.9 Å². The topological polar surface area (TPSA) is 27.1 Å². The summed E-state index contributed by atoms with van der Waals surface area (Å²) in [4.78, 5) is 0.816. The average Bonchev–Trinajstić information content (AvgIpc) is 2.56. The number of fused-ring (bicyclic) bond motifs is 1. The fourth-order valence-corrected chi connectivity index (χ4v) is 1.82. The molecule has 1 aromatic carbocycles. The Morgan fingerprint density at radius 1 is 1.33 bits per heavy atom. The Hall–Kier alpha value is -1.66. The first-order valence-corrected chi connectivity index (χ1v) is 5.09. The van der Waals surface area contributed by atoms with Gasteiger partial charge in [0.2, 0.25) is 0 Å². The van der Waals surface area contributed by atoms with Gasteiger partial charge in [-0.3, -0.25) is 5.41 Å². The van der Waals surface area contributed by atoms with E-state index < -0.39 is 24.7 Å². The molecule has 0 aromatic heterocycles. The predicted molar refractivity (Wildman–Crippen MR) is 54.6 cm³/mol. The molecule has 0 saturated heterocycles. The van der Waals surface area contributed by atoms with Gasteiger partial charge in [0.25, 0.3) is 0 Å². The maximum atomic E-state index is 12.9. The SMILES string of the molecule is N=C1c2cc(F)ccc2CN1CC(F)(F)C(F)F. The molecule has 2 rings (SSSR count). The Bertz CT molecular complexity index is 486. The number of halogens is 5. The van der Waals surface area contributed by atoms with E-state index in [0.29, 0.717) is 5.56 Å². The van der Waals surface area contributed by atoms with Gasteiger partial charge in [0, 0.05) is 12.1 Å². The van der Waals surface area contributed by atoms with Crippen molar-refractivity contribution in [2.24, 2.45) is 0 Å². The van der Waals surface area contributed by atoms with Crippen LogP contribution in [0.1, 0.15) is 11.1 Å². The summed E-state index contributed by atoms with van der Waals surface area (Å²) in [5, 5.41) is 7.59. The van der Waals surface area contributed by atoms with Gasteiger partial charge in [-0.1, -0.05) is 6.07 Å². The minimum Gasteiger partial charge on any atom is -0.346 e. The molecule has 0 unspecified atom stereocenters. The standard InChI is InChI=1S/C11H9F5N2/c12-7-2-1-6-4-18(9(17)8(6)3-7)5-11(15,16)10(13)14/h1-3,10,17H,4-5H2. The smallest absolute Gasteiger partial charge is 0.324 e. The lowest BCUT2D eigenvalue weighted by atomic mass is 10.1. The van der Waals surface area contributed by atoms with E-state index in [0.717, 1.165) is 17.0 Å². The van der Waals surface area contributed by atoms with Crippen molar-refractivity contribution >= 4 is 5.84 Å². The lowest BCUT2D eigenvalue weighted by Crippen LogP contribution is -2.41. The molecule has 0 spiro atoms. The summed E-state index contributed by atoms with van der Waals surface area (Å²) in [7, 11) is 0. The van der Waals surface area contributed by atoms with Crippen LogP contribution in [0.15, 0.2) is 18.2 Å². The molecule has 7 heteroatoms. The maximum Gasteiger partial charge on any atom is 0.324 e. The van der Waals surface area contributed by atoms with Crippen LogP contribution < -0.4 is 0 Å². The lowest BCUT2D eigenvalue weighted by Gasteiger charge is -2.24. The summed E-state index contributed by atoms with van der Waals surface area (Å²) < 4.78 is 62.9. The summed E-state index contributed by atoms with van der Waals surface area (Å²) in [6, 6.07) is 3.54. The third kappa shape index (κ3) is 2.16. The third-order valence-corrected chi connectivity index (χ3v) is 2.73. The Labute approximate surface area is 99.5 Å². The molecular formula is C11H9F5N2. The van der Waals surface area contributed by atoms with Crippen molar-refractivity contribution < 1.29 is 22.0 Å². The highest BCUT2D eigenvalue weighted by molar-refractivity contribution is 6.00. The van der Waals surface area contributed by atoms with Gasteiger partial charge in [0.05, 0.1) is 6.54 Å². The van der Waals surface area contributed by atoms with Crippen LogP contribution in [0.25, 0.3) is 0 Å². The van der Waals surface area contributed by atoms with Gasteiger partial charge in [-0.25, -0.2) is 13.2 Å². The largest absolute Gasteiger partial charge is 0.346 e. The van der Waals surface area contributed by atoms with Gasteiger partial charge < -0.3 is 4.90 Å². The Kier molecular flexibility index (Phi) is 3.00. The molecular weight excluding hydrogens is 255 g/mol. The first-order valence-electron chi connectivity index (χ1n) is 5.09. The summed E-state index contributed by atoms with van der Waals surface area (Å²) in [5.41, 5.74) is 0.645. The van der Waals surface area contributed by atoms with Crippen molar-refractivity contribution in [2.75, 3.05) is 6.54 Å². The molecule has 98 valence electrons. The zero-order valence-corrected chi connectivity index (χ0v) is 9.06. The van der Waals surface area contributed by atoms with E-state index in [-0.39, 0.29) is 17.9 Å². The van der Waals surface area contributed by atoms with Crippen molar-refractivity contribution in [1.82, 2.24) is 4.90 Å². The molecule has 0 fully saturated rings. The number of nitrogens with zero attached hydrogens (tertiary/aromatic N) is 1. The highest BCUT2D eigenvalue weighted by Crippen LogP contribution is 2.29. The molecule has 0 radical (unpaired) electrons. The highest BCUT2D eigenvalue weighted by atomic mass is 19.3. The van der Waals surface area contributed by atoms with E-state index in [4.69, 9.17) is 5.41 Å². The number of hydrogen-bond donors (Lipinski definition) is 1. The Balaban J connectivity index is 2.20. The van der Waals surface area contributed by atoms with Crippen LogP contribution in [0.5, 0.6) is 0 Å². The molecule has 0 amide bonds. The minimum absolute atomic E-state index is 0.0866. The Morgan fingerprint density at radius 2 is 2.00 bits per heavy atom. The molecule has 0 saturated carbocycles. The van der Waals surface area contributed by atoms with Crippen LogP contribution >= 0.6 is 0 Å². The molecule has 1 N–H and O–H groups in total. The summed E-state index contributed by atoms with van der Waals surface area (Å²) in [5.74, 6) is -5.14. The molecule has 18 heavy (non-hydrogen) atoms. The molecule has 0 bridgehead atoms. The zero-order chi connectivity index (χ0) is 13.5. The second-order valence-corrected chi connectivity index (χ2v) is 4.07. The second kappa shape index (κ2) is 4.22. The van der Waals surface area contributed by atoms with Crippen LogP contribution in [0, 0.1) is 11.2 Å². The normalized spacial score (nSPS) is 15.4. The maximum absolute atomic E-state index is 12.9. The summed E-state index contributed by atoms with van der Waals surface area (Å²) in [6.45, 7) is -1.34. The second-order valence-electron chi connectivity index (χ2n) is 4.07. The molecule has 1 heterocycles. The van der Waals surface area contributed by atoms with Gasteiger partial charge in [-0.2, -0.15) is 8.78 Å². The van der Waals surface area contributed by atoms with E-state index >= 15 is 0 Å². The van der Waals surface area contributed by atoms with Crippen LogP contribution in [0.3, 0.4) is 0 Å². The molecule has 1 aliphatic rings. The van der Waals surface area contributed by atoms with Crippen molar-refractivity contribution in [1.29, 1.82) is 5.41 Å². The van der Waals surface area contributed by atoms with Crippen molar-refractivity contribution in [3.8, 4) is 0 Å². The molecule has 0 aliphatic carbocycles.